The van der Waals surface area contributed by atoms with Crippen LogP contribution in [0, 0.1) is 5.82 Å². The Morgan fingerprint density at radius 1 is 1.42 bits per heavy atom. The number of carbonyl (C=O) groups excluding carboxylic acids is 1. The van der Waals surface area contributed by atoms with Gasteiger partial charge in [0.15, 0.2) is 0 Å². The summed E-state index contributed by atoms with van der Waals surface area (Å²) in [6.45, 7) is 3.23. The van der Waals surface area contributed by atoms with Gasteiger partial charge in [-0.3, -0.25) is 4.79 Å². The standard InChI is InChI=1S/C14H21FN2O.ClH/c1-11(12-5-4-6-13(15)10-12)9-14(18)17-8-3-2-7-16;/h4-6,10-11H,2-3,7-9,16H2,1H3,(H,17,18);1H. The van der Waals surface area contributed by atoms with Crippen molar-refractivity contribution in [1.82, 2.24) is 5.32 Å². The minimum absolute atomic E-state index is 0. The van der Waals surface area contributed by atoms with Gasteiger partial charge in [0.05, 0.1) is 0 Å². The molecule has 0 heterocycles. The minimum atomic E-state index is -0.261. The molecule has 0 spiro atoms. The van der Waals surface area contributed by atoms with E-state index in [9.17, 15) is 9.18 Å². The number of hydrogen-bond acceptors (Lipinski definition) is 2. The van der Waals surface area contributed by atoms with Crippen molar-refractivity contribution in [2.75, 3.05) is 13.1 Å². The van der Waals surface area contributed by atoms with E-state index in [1.807, 2.05) is 13.0 Å². The van der Waals surface area contributed by atoms with Crippen LogP contribution in [0.2, 0.25) is 0 Å². The SMILES string of the molecule is CC(CC(=O)NCCCCN)c1cccc(F)c1.Cl. The molecule has 5 heteroatoms. The molecule has 0 saturated carbocycles. The van der Waals surface area contributed by atoms with Crippen LogP contribution < -0.4 is 11.1 Å². The fourth-order valence-corrected chi connectivity index (χ4v) is 1.78. The average Bonchev–Trinajstić information content (AvgIpc) is 2.34. The Bertz CT molecular complexity index is 387. The van der Waals surface area contributed by atoms with Crippen molar-refractivity contribution < 1.29 is 9.18 Å². The predicted octanol–water partition coefficient (Wildman–Crippen LogP) is 2.60. The second kappa shape index (κ2) is 9.75. The fraction of sp³-hybridized carbons (Fsp3) is 0.500. The van der Waals surface area contributed by atoms with E-state index in [0.717, 1.165) is 18.4 Å². The highest BCUT2D eigenvalue weighted by Crippen LogP contribution is 2.19. The van der Waals surface area contributed by atoms with E-state index >= 15 is 0 Å². The van der Waals surface area contributed by atoms with E-state index in [-0.39, 0.29) is 30.0 Å². The summed E-state index contributed by atoms with van der Waals surface area (Å²) in [5.74, 6) is -0.235. The maximum Gasteiger partial charge on any atom is 0.220 e. The molecule has 0 saturated heterocycles. The van der Waals surface area contributed by atoms with Crippen molar-refractivity contribution in [2.45, 2.75) is 32.1 Å². The van der Waals surface area contributed by atoms with Crippen LogP contribution >= 0.6 is 12.4 Å². The number of carbonyl (C=O) groups is 1. The third kappa shape index (κ3) is 7.13. The molecule has 1 aromatic carbocycles. The molecule has 0 aliphatic heterocycles. The van der Waals surface area contributed by atoms with Gasteiger partial charge in [0.1, 0.15) is 5.82 Å². The number of nitrogens with one attached hydrogen (secondary N) is 1. The highest BCUT2D eigenvalue weighted by Gasteiger charge is 2.11. The number of benzene rings is 1. The molecule has 0 radical (unpaired) electrons. The summed E-state index contributed by atoms with van der Waals surface area (Å²) in [4.78, 5) is 11.6. The number of amides is 1. The molecule has 1 aromatic rings. The van der Waals surface area contributed by atoms with Crippen LogP contribution in [0.3, 0.4) is 0 Å². The highest BCUT2D eigenvalue weighted by molar-refractivity contribution is 5.85. The van der Waals surface area contributed by atoms with Gasteiger partial charge in [-0.1, -0.05) is 19.1 Å². The maximum absolute atomic E-state index is 13.0. The lowest BCUT2D eigenvalue weighted by atomic mass is 9.97. The summed E-state index contributed by atoms with van der Waals surface area (Å²) >= 11 is 0. The molecule has 3 N–H and O–H groups in total. The van der Waals surface area contributed by atoms with Gasteiger partial charge in [-0.2, -0.15) is 0 Å². The lowest BCUT2D eigenvalue weighted by molar-refractivity contribution is -0.121. The van der Waals surface area contributed by atoms with Gasteiger partial charge in [-0.25, -0.2) is 4.39 Å². The minimum Gasteiger partial charge on any atom is -0.356 e. The molecule has 0 aliphatic rings. The smallest absolute Gasteiger partial charge is 0.220 e. The Morgan fingerprint density at radius 3 is 2.79 bits per heavy atom. The molecular weight excluding hydrogens is 267 g/mol. The van der Waals surface area contributed by atoms with Crippen LogP contribution in [0.4, 0.5) is 4.39 Å². The Hall–Kier alpha value is -1.13. The molecule has 0 bridgehead atoms. The van der Waals surface area contributed by atoms with Crippen molar-refractivity contribution in [3.8, 4) is 0 Å². The van der Waals surface area contributed by atoms with Gasteiger partial charge < -0.3 is 11.1 Å². The van der Waals surface area contributed by atoms with Crippen LogP contribution in [0.15, 0.2) is 24.3 Å². The first-order valence-electron chi connectivity index (χ1n) is 6.35. The van der Waals surface area contributed by atoms with Crippen LogP contribution in [-0.2, 0) is 4.79 Å². The van der Waals surface area contributed by atoms with Crippen molar-refractivity contribution in [3.63, 3.8) is 0 Å². The second-order valence-electron chi connectivity index (χ2n) is 4.51. The largest absolute Gasteiger partial charge is 0.356 e. The molecule has 108 valence electrons. The summed E-state index contributed by atoms with van der Waals surface area (Å²) in [7, 11) is 0. The summed E-state index contributed by atoms with van der Waals surface area (Å²) in [5, 5.41) is 2.84. The van der Waals surface area contributed by atoms with E-state index in [4.69, 9.17) is 5.73 Å². The van der Waals surface area contributed by atoms with Gasteiger partial charge in [0.2, 0.25) is 5.91 Å². The molecule has 1 unspecified atom stereocenters. The monoisotopic (exact) mass is 288 g/mol. The quantitative estimate of drug-likeness (QED) is 0.758. The van der Waals surface area contributed by atoms with Gasteiger partial charge in [0, 0.05) is 13.0 Å². The van der Waals surface area contributed by atoms with E-state index in [0.29, 0.717) is 19.5 Å². The topological polar surface area (TPSA) is 55.1 Å². The molecule has 1 rings (SSSR count). The van der Waals surface area contributed by atoms with Crippen molar-refractivity contribution in [2.24, 2.45) is 5.73 Å². The number of nitrogens with two attached hydrogens (primary N) is 1. The first-order valence-corrected chi connectivity index (χ1v) is 6.35. The van der Waals surface area contributed by atoms with Gasteiger partial charge >= 0.3 is 0 Å². The van der Waals surface area contributed by atoms with E-state index in [2.05, 4.69) is 5.32 Å². The normalized spacial score (nSPS) is 11.5. The zero-order valence-electron chi connectivity index (χ0n) is 11.2. The summed E-state index contributed by atoms with van der Waals surface area (Å²) in [6.07, 6.45) is 2.20. The van der Waals surface area contributed by atoms with Crippen LogP contribution in [-0.4, -0.2) is 19.0 Å². The third-order valence-corrected chi connectivity index (χ3v) is 2.86. The molecule has 0 fully saturated rings. The van der Waals surface area contributed by atoms with Gasteiger partial charge in [0.25, 0.3) is 0 Å². The Kier molecular flexibility index (Phi) is 9.17. The zero-order chi connectivity index (χ0) is 13.4. The maximum atomic E-state index is 13.0. The van der Waals surface area contributed by atoms with Crippen LogP contribution in [0.25, 0.3) is 0 Å². The molecule has 3 nitrogen and oxygen atoms in total. The number of halogens is 2. The zero-order valence-corrected chi connectivity index (χ0v) is 12.0. The van der Waals surface area contributed by atoms with Gasteiger partial charge in [-0.15, -0.1) is 12.4 Å². The third-order valence-electron chi connectivity index (χ3n) is 2.86. The molecule has 1 atom stereocenters. The Labute approximate surface area is 120 Å². The molecule has 0 aliphatic carbocycles. The lowest BCUT2D eigenvalue weighted by Crippen LogP contribution is -2.26. The summed E-state index contributed by atoms with van der Waals surface area (Å²) in [6, 6.07) is 6.39. The molecule has 19 heavy (non-hydrogen) atoms. The Morgan fingerprint density at radius 2 is 2.16 bits per heavy atom. The number of hydrogen-bond donors (Lipinski definition) is 2. The Balaban J connectivity index is 0.00000324. The first kappa shape index (κ1) is 17.9. The van der Waals surface area contributed by atoms with Gasteiger partial charge in [-0.05, 0) is 43.0 Å². The molecule has 0 aromatic heterocycles. The van der Waals surface area contributed by atoms with Crippen LogP contribution in [0.1, 0.15) is 37.7 Å². The van der Waals surface area contributed by atoms with E-state index < -0.39 is 0 Å². The van der Waals surface area contributed by atoms with E-state index in [1.165, 1.54) is 12.1 Å². The van der Waals surface area contributed by atoms with Crippen LogP contribution in [0.5, 0.6) is 0 Å². The summed E-state index contributed by atoms with van der Waals surface area (Å²) in [5.41, 5.74) is 6.22. The highest BCUT2D eigenvalue weighted by atomic mass is 35.5. The summed E-state index contributed by atoms with van der Waals surface area (Å²) < 4.78 is 13.0. The fourth-order valence-electron chi connectivity index (χ4n) is 1.78. The molecular formula is C14H22ClFN2O. The first-order chi connectivity index (χ1) is 8.63. The average molecular weight is 289 g/mol. The van der Waals surface area contributed by atoms with Crippen molar-refractivity contribution >= 4 is 18.3 Å². The van der Waals surface area contributed by atoms with Crippen molar-refractivity contribution in [3.05, 3.63) is 35.6 Å². The molecule has 1 amide bonds. The predicted molar refractivity (Wildman–Crippen MR) is 78.0 cm³/mol. The van der Waals surface area contributed by atoms with E-state index in [1.54, 1.807) is 6.07 Å². The lowest BCUT2D eigenvalue weighted by Gasteiger charge is -2.12. The van der Waals surface area contributed by atoms with Crippen molar-refractivity contribution in [1.29, 1.82) is 0 Å². The number of rotatable bonds is 7. The number of unbranched alkanes of at least 4 members (excludes halogenated alkanes) is 1. The second-order valence-corrected chi connectivity index (χ2v) is 4.51.